The highest BCUT2D eigenvalue weighted by Crippen LogP contribution is 2.28. The molecule has 3 aromatic carbocycles. The molecule has 26 heavy (non-hydrogen) atoms. The van der Waals surface area contributed by atoms with Crippen LogP contribution in [0.2, 0.25) is 0 Å². The van der Waals surface area contributed by atoms with E-state index in [1.165, 1.54) is 12.1 Å². The van der Waals surface area contributed by atoms with Crippen molar-refractivity contribution in [3.05, 3.63) is 90.0 Å². The minimum Gasteiger partial charge on any atom is -0.406 e. The van der Waals surface area contributed by atoms with Crippen molar-refractivity contribution in [2.24, 2.45) is 5.73 Å². The van der Waals surface area contributed by atoms with Crippen molar-refractivity contribution in [1.29, 1.82) is 0 Å². The molecule has 0 heterocycles. The highest BCUT2D eigenvalue weighted by molar-refractivity contribution is 5.85. The smallest absolute Gasteiger partial charge is 0.406 e. The Balaban J connectivity index is 0.00000243. The van der Waals surface area contributed by atoms with Gasteiger partial charge < -0.3 is 10.5 Å². The number of hydrogen-bond donors (Lipinski definition) is 1. The van der Waals surface area contributed by atoms with E-state index in [-0.39, 0.29) is 18.2 Å². The van der Waals surface area contributed by atoms with Gasteiger partial charge in [0.2, 0.25) is 0 Å². The van der Waals surface area contributed by atoms with Crippen molar-refractivity contribution < 1.29 is 17.9 Å². The van der Waals surface area contributed by atoms with Crippen LogP contribution >= 0.6 is 12.4 Å². The molecular weight excluding hydrogens is 363 g/mol. The van der Waals surface area contributed by atoms with Crippen LogP contribution in [0.25, 0.3) is 11.1 Å². The van der Waals surface area contributed by atoms with Crippen molar-refractivity contribution >= 4 is 12.4 Å². The number of alkyl halides is 3. The van der Waals surface area contributed by atoms with Gasteiger partial charge in [0, 0.05) is 0 Å². The van der Waals surface area contributed by atoms with Gasteiger partial charge in [0.25, 0.3) is 0 Å². The van der Waals surface area contributed by atoms with Gasteiger partial charge in [-0.3, -0.25) is 0 Å². The Morgan fingerprint density at radius 1 is 0.731 bits per heavy atom. The standard InChI is InChI=1S/C20H16F3NO.ClH/c21-20(22,23)25-18-11-9-15(10-12-18)19(24)17-8-4-7-16(13-17)14-5-2-1-3-6-14;/h1-13,19H,24H2;1H/t19-;/m1./s1. The number of ether oxygens (including phenoxy) is 1. The van der Waals surface area contributed by atoms with E-state index in [4.69, 9.17) is 5.73 Å². The van der Waals surface area contributed by atoms with Crippen molar-refractivity contribution in [3.8, 4) is 16.9 Å². The first-order chi connectivity index (χ1) is 11.9. The van der Waals surface area contributed by atoms with E-state index in [1.807, 2.05) is 54.6 Å². The molecule has 136 valence electrons. The molecule has 0 radical (unpaired) electrons. The summed E-state index contributed by atoms with van der Waals surface area (Å²) in [5, 5.41) is 0. The molecule has 2 nitrogen and oxygen atoms in total. The Morgan fingerprint density at radius 3 is 1.96 bits per heavy atom. The molecule has 0 fully saturated rings. The van der Waals surface area contributed by atoms with E-state index in [0.29, 0.717) is 5.56 Å². The summed E-state index contributed by atoms with van der Waals surface area (Å²) >= 11 is 0. The first-order valence-corrected chi connectivity index (χ1v) is 7.69. The largest absolute Gasteiger partial charge is 0.573 e. The zero-order valence-electron chi connectivity index (χ0n) is 13.6. The van der Waals surface area contributed by atoms with Gasteiger partial charge >= 0.3 is 6.36 Å². The Morgan fingerprint density at radius 2 is 1.35 bits per heavy atom. The first kappa shape index (κ1) is 19.8. The molecule has 0 bridgehead atoms. The molecule has 0 saturated heterocycles. The second kappa shape index (κ2) is 8.25. The van der Waals surface area contributed by atoms with Crippen LogP contribution in [-0.4, -0.2) is 6.36 Å². The summed E-state index contributed by atoms with van der Waals surface area (Å²) < 4.78 is 40.6. The van der Waals surface area contributed by atoms with Crippen LogP contribution < -0.4 is 10.5 Å². The fourth-order valence-corrected chi connectivity index (χ4v) is 2.61. The van der Waals surface area contributed by atoms with E-state index in [2.05, 4.69) is 4.74 Å². The lowest BCUT2D eigenvalue weighted by Crippen LogP contribution is -2.17. The average Bonchev–Trinajstić information content (AvgIpc) is 2.61. The maximum atomic E-state index is 12.2. The fourth-order valence-electron chi connectivity index (χ4n) is 2.61. The third-order valence-corrected chi connectivity index (χ3v) is 3.83. The molecule has 0 unspecified atom stereocenters. The molecule has 3 rings (SSSR count). The Hall–Kier alpha value is -2.50. The molecule has 2 N–H and O–H groups in total. The third kappa shape index (κ3) is 5.00. The van der Waals surface area contributed by atoms with E-state index in [1.54, 1.807) is 12.1 Å². The lowest BCUT2D eigenvalue weighted by atomic mass is 9.96. The maximum absolute atomic E-state index is 12.2. The van der Waals surface area contributed by atoms with Crippen molar-refractivity contribution in [2.75, 3.05) is 0 Å². The molecule has 6 heteroatoms. The molecule has 3 aromatic rings. The first-order valence-electron chi connectivity index (χ1n) is 7.69. The second-order valence-electron chi connectivity index (χ2n) is 5.59. The number of rotatable bonds is 4. The van der Waals surface area contributed by atoms with Crippen LogP contribution in [0.1, 0.15) is 17.2 Å². The van der Waals surface area contributed by atoms with Crippen LogP contribution in [0.3, 0.4) is 0 Å². The summed E-state index contributed by atoms with van der Waals surface area (Å²) in [6.07, 6.45) is -4.70. The van der Waals surface area contributed by atoms with Gasteiger partial charge in [0.1, 0.15) is 5.75 Å². The summed E-state index contributed by atoms with van der Waals surface area (Å²) in [7, 11) is 0. The highest BCUT2D eigenvalue weighted by Gasteiger charge is 2.31. The van der Waals surface area contributed by atoms with Crippen LogP contribution in [0.4, 0.5) is 13.2 Å². The average molecular weight is 380 g/mol. The molecule has 0 spiro atoms. The summed E-state index contributed by atoms with van der Waals surface area (Å²) in [4.78, 5) is 0. The molecule has 0 saturated carbocycles. The number of benzene rings is 3. The zero-order valence-corrected chi connectivity index (χ0v) is 14.4. The second-order valence-corrected chi connectivity index (χ2v) is 5.59. The fraction of sp³-hybridized carbons (Fsp3) is 0.100. The van der Waals surface area contributed by atoms with Crippen LogP contribution in [0.15, 0.2) is 78.9 Å². The van der Waals surface area contributed by atoms with E-state index in [0.717, 1.165) is 16.7 Å². The van der Waals surface area contributed by atoms with Crippen molar-refractivity contribution in [2.45, 2.75) is 12.4 Å². The molecule has 0 amide bonds. The monoisotopic (exact) mass is 379 g/mol. The quantitative estimate of drug-likeness (QED) is 0.629. The Bertz CT molecular complexity index is 836. The lowest BCUT2D eigenvalue weighted by Gasteiger charge is -2.15. The van der Waals surface area contributed by atoms with Crippen molar-refractivity contribution in [1.82, 2.24) is 0 Å². The van der Waals surface area contributed by atoms with Gasteiger partial charge in [-0.15, -0.1) is 25.6 Å². The van der Waals surface area contributed by atoms with Crippen molar-refractivity contribution in [3.63, 3.8) is 0 Å². The summed E-state index contributed by atoms with van der Waals surface area (Å²) in [6, 6.07) is 22.9. The number of hydrogen-bond acceptors (Lipinski definition) is 2. The lowest BCUT2D eigenvalue weighted by molar-refractivity contribution is -0.274. The van der Waals surface area contributed by atoms with E-state index >= 15 is 0 Å². The van der Waals surface area contributed by atoms with E-state index in [9.17, 15) is 13.2 Å². The summed E-state index contributed by atoms with van der Waals surface area (Å²) in [5.41, 5.74) is 9.97. The van der Waals surface area contributed by atoms with Crippen LogP contribution in [0.5, 0.6) is 5.75 Å². The number of halogens is 4. The van der Waals surface area contributed by atoms with Gasteiger partial charge in [0.15, 0.2) is 0 Å². The number of nitrogens with two attached hydrogens (primary N) is 1. The topological polar surface area (TPSA) is 35.2 Å². The van der Waals surface area contributed by atoms with Crippen LogP contribution in [-0.2, 0) is 0 Å². The third-order valence-electron chi connectivity index (χ3n) is 3.83. The van der Waals surface area contributed by atoms with Gasteiger partial charge in [-0.2, -0.15) is 0 Å². The molecule has 1 atom stereocenters. The Kier molecular flexibility index (Phi) is 6.29. The van der Waals surface area contributed by atoms with Gasteiger partial charge in [-0.05, 0) is 40.5 Å². The highest BCUT2D eigenvalue weighted by atomic mass is 35.5. The SMILES string of the molecule is Cl.N[C@H](c1ccc(OC(F)(F)F)cc1)c1cccc(-c2ccccc2)c1. The predicted octanol–water partition coefficient (Wildman–Crippen LogP) is 5.72. The van der Waals surface area contributed by atoms with Gasteiger partial charge in [-0.1, -0.05) is 60.7 Å². The zero-order chi connectivity index (χ0) is 17.9. The normalized spacial score (nSPS) is 12.2. The minimum atomic E-state index is -4.70. The Labute approximate surface area is 155 Å². The molecule has 0 aromatic heterocycles. The van der Waals surface area contributed by atoms with Gasteiger partial charge in [-0.25, -0.2) is 0 Å². The minimum absolute atomic E-state index is 0. The molecule has 0 aliphatic rings. The van der Waals surface area contributed by atoms with E-state index < -0.39 is 12.4 Å². The predicted molar refractivity (Wildman–Crippen MR) is 98.3 cm³/mol. The van der Waals surface area contributed by atoms with Crippen LogP contribution in [0, 0.1) is 0 Å². The molecule has 0 aliphatic heterocycles. The summed E-state index contributed by atoms with van der Waals surface area (Å²) in [5.74, 6) is -0.263. The summed E-state index contributed by atoms with van der Waals surface area (Å²) in [6.45, 7) is 0. The molecular formula is C20H17ClF3NO. The maximum Gasteiger partial charge on any atom is 0.573 e. The molecule has 0 aliphatic carbocycles. The van der Waals surface area contributed by atoms with Gasteiger partial charge in [0.05, 0.1) is 6.04 Å².